The van der Waals surface area contributed by atoms with Gasteiger partial charge < -0.3 is 20.1 Å². The number of rotatable bonds is 5. The molecule has 1 aromatic carbocycles. The standard InChI is InChI=1S/C12H14O5.H2/c13-7-11(8-14)17-12(16)6-3-9-1-4-10(15)5-2-9;/h1-6,11,13-15H,7-8H2;1H/b6-3+;. The first-order valence-corrected chi connectivity index (χ1v) is 5.05. The van der Waals surface area contributed by atoms with E-state index >= 15 is 0 Å². The third-order valence-corrected chi connectivity index (χ3v) is 2.00. The van der Waals surface area contributed by atoms with E-state index in [4.69, 9.17) is 20.1 Å². The minimum absolute atomic E-state index is 0. The van der Waals surface area contributed by atoms with E-state index in [1.54, 1.807) is 12.1 Å². The topological polar surface area (TPSA) is 87.0 Å². The Morgan fingerprint density at radius 2 is 1.88 bits per heavy atom. The normalized spacial score (nSPS) is 11.0. The third kappa shape index (κ3) is 4.67. The second kappa shape index (κ2) is 6.67. The van der Waals surface area contributed by atoms with Gasteiger partial charge in [-0.3, -0.25) is 0 Å². The van der Waals surface area contributed by atoms with Gasteiger partial charge in [0.2, 0.25) is 0 Å². The number of benzene rings is 1. The first-order valence-electron chi connectivity index (χ1n) is 5.05. The monoisotopic (exact) mass is 240 g/mol. The molecule has 0 radical (unpaired) electrons. The lowest BCUT2D eigenvalue weighted by Gasteiger charge is -2.10. The van der Waals surface area contributed by atoms with Gasteiger partial charge in [0.25, 0.3) is 0 Å². The van der Waals surface area contributed by atoms with Crippen molar-refractivity contribution >= 4 is 12.0 Å². The Hall–Kier alpha value is -1.85. The molecule has 1 rings (SSSR count). The zero-order valence-corrected chi connectivity index (χ0v) is 9.11. The molecule has 0 heterocycles. The molecule has 0 aliphatic carbocycles. The molecule has 0 saturated heterocycles. The summed E-state index contributed by atoms with van der Waals surface area (Å²) in [7, 11) is 0. The average molecular weight is 240 g/mol. The number of aliphatic hydroxyl groups is 2. The summed E-state index contributed by atoms with van der Waals surface area (Å²) in [6, 6.07) is 6.26. The molecule has 94 valence electrons. The Kier molecular flexibility index (Phi) is 5.19. The average Bonchev–Trinajstić information content (AvgIpc) is 2.35. The van der Waals surface area contributed by atoms with Gasteiger partial charge in [0.1, 0.15) is 11.9 Å². The molecule has 0 unspecified atom stereocenters. The van der Waals surface area contributed by atoms with Gasteiger partial charge in [-0.25, -0.2) is 4.79 Å². The molecule has 0 aromatic heterocycles. The number of aliphatic hydroxyl groups excluding tert-OH is 2. The Labute approximate surface area is 100 Å². The maximum absolute atomic E-state index is 11.2. The fourth-order valence-corrected chi connectivity index (χ4v) is 1.09. The lowest BCUT2D eigenvalue weighted by Crippen LogP contribution is -2.24. The molecule has 0 fully saturated rings. The van der Waals surface area contributed by atoms with Crippen molar-refractivity contribution in [1.29, 1.82) is 0 Å². The summed E-state index contributed by atoms with van der Waals surface area (Å²) in [5.41, 5.74) is 0.726. The van der Waals surface area contributed by atoms with Gasteiger partial charge in [-0.2, -0.15) is 0 Å². The lowest BCUT2D eigenvalue weighted by atomic mass is 10.2. The van der Waals surface area contributed by atoms with Crippen LogP contribution in [0, 0.1) is 0 Å². The van der Waals surface area contributed by atoms with Crippen LogP contribution < -0.4 is 0 Å². The van der Waals surface area contributed by atoms with Crippen molar-refractivity contribution in [2.45, 2.75) is 6.10 Å². The fraction of sp³-hybridized carbons (Fsp3) is 0.250. The number of hydrogen-bond acceptors (Lipinski definition) is 5. The van der Waals surface area contributed by atoms with Crippen molar-refractivity contribution in [3.63, 3.8) is 0 Å². The van der Waals surface area contributed by atoms with Crippen LogP contribution >= 0.6 is 0 Å². The van der Waals surface area contributed by atoms with Crippen LogP contribution in [-0.2, 0) is 9.53 Å². The van der Waals surface area contributed by atoms with E-state index < -0.39 is 25.3 Å². The smallest absolute Gasteiger partial charge is 0.331 e. The highest BCUT2D eigenvalue weighted by Crippen LogP contribution is 2.10. The maximum Gasteiger partial charge on any atom is 0.331 e. The molecule has 0 saturated carbocycles. The number of carbonyl (C=O) groups excluding carboxylic acids is 1. The van der Waals surface area contributed by atoms with Crippen LogP contribution in [0.3, 0.4) is 0 Å². The van der Waals surface area contributed by atoms with Crippen LogP contribution in [-0.4, -0.2) is 40.6 Å². The van der Waals surface area contributed by atoms with E-state index in [0.717, 1.165) is 5.56 Å². The van der Waals surface area contributed by atoms with Crippen LogP contribution in [0.15, 0.2) is 30.3 Å². The van der Waals surface area contributed by atoms with Gasteiger partial charge >= 0.3 is 5.97 Å². The van der Waals surface area contributed by atoms with E-state index in [9.17, 15) is 4.79 Å². The second-order valence-corrected chi connectivity index (χ2v) is 3.35. The van der Waals surface area contributed by atoms with Crippen LogP contribution in [0.2, 0.25) is 0 Å². The molecule has 17 heavy (non-hydrogen) atoms. The predicted molar refractivity (Wildman–Crippen MR) is 63.3 cm³/mol. The molecule has 0 atom stereocenters. The van der Waals surface area contributed by atoms with Crippen LogP contribution in [0.5, 0.6) is 5.75 Å². The largest absolute Gasteiger partial charge is 0.508 e. The van der Waals surface area contributed by atoms with E-state index in [-0.39, 0.29) is 7.18 Å². The molecular weight excluding hydrogens is 224 g/mol. The second-order valence-electron chi connectivity index (χ2n) is 3.35. The van der Waals surface area contributed by atoms with Crippen LogP contribution in [0.25, 0.3) is 6.08 Å². The first-order chi connectivity index (χ1) is 8.15. The number of ether oxygens (including phenoxy) is 1. The third-order valence-electron chi connectivity index (χ3n) is 2.00. The summed E-state index contributed by atoms with van der Waals surface area (Å²) in [5, 5.41) is 26.4. The van der Waals surface area contributed by atoms with E-state index in [1.807, 2.05) is 0 Å². The molecule has 5 nitrogen and oxygen atoms in total. The van der Waals surface area contributed by atoms with E-state index in [1.165, 1.54) is 24.3 Å². The van der Waals surface area contributed by atoms with Gasteiger partial charge in [0.15, 0.2) is 0 Å². The number of aromatic hydroxyl groups is 1. The first kappa shape index (κ1) is 13.2. The zero-order chi connectivity index (χ0) is 12.7. The molecule has 0 spiro atoms. The van der Waals surface area contributed by atoms with Crippen LogP contribution in [0.4, 0.5) is 0 Å². The quantitative estimate of drug-likeness (QED) is 0.516. The number of phenols is 1. The van der Waals surface area contributed by atoms with Crippen molar-refractivity contribution in [1.82, 2.24) is 0 Å². The highest BCUT2D eigenvalue weighted by molar-refractivity contribution is 5.87. The molecule has 0 bridgehead atoms. The molecule has 0 aliphatic rings. The number of esters is 1. The van der Waals surface area contributed by atoms with Crippen molar-refractivity contribution < 1.29 is 26.3 Å². The summed E-state index contributed by atoms with van der Waals surface area (Å²) >= 11 is 0. The molecule has 0 amide bonds. The molecule has 5 heteroatoms. The Bertz CT molecular complexity index is 384. The number of carbonyl (C=O) groups is 1. The lowest BCUT2D eigenvalue weighted by molar-refractivity contribution is -0.147. The molecular formula is C12H16O5. The summed E-state index contributed by atoms with van der Waals surface area (Å²) < 4.78 is 4.72. The van der Waals surface area contributed by atoms with Crippen molar-refractivity contribution in [2.75, 3.05) is 13.2 Å². The summed E-state index contributed by atoms with van der Waals surface area (Å²) in [5.74, 6) is -0.503. The summed E-state index contributed by atoms with van der Waals surface area (Å²) in [6.07, 6.45) is 1.80. The van der Waals surface area contributed by atoms with Gasteiger partial charge in [0, 0.05) is 7.50 Å². The minimum atomic E-state index is -0.896. The molecule has 3 N–H and O–H groups in total. The van der Waals surface area contributed by atoms with E-state index in [2.05, 4.69) is 0 Å². The number of hydrogen-bond donors (Lipinski definition) is 3. The van der Waals surface area contributed by atoms with E-state index in [0.29, 0.717) is 0 Å². The number of phenolic OH excluding ortho intramolecular Hbond substituents is 1. The van der Waals surface area contributed by atoms with Crippen molar-refractivity contribution in [3.05, 3.63) is 35.9 Å². The van der Waals surface area contributed by atoms with Crippen molar-refractivity contribution in [3.8, 4) is 5.75 Å². The summed E-state index contributed by atoms with van der Waals surface area (Å²) in [4.78, 5) is 11.2. The van der Waals surface area contributed by atoms with Gasteiger partial charge in [-0.1, -0.05) is 12.1 Å². The van der Waals surface area contributed by atoms with Gasteiger partial charge in [-0.05, 0) is 23.8 Å². The van der Waals surface area contributed by atoms with Gasteiger partial charge in [-0.15, -0.1) is 0 Å². The fourth-order valence-electron chi connectivity index (χ4n) is 1.09. The zero-order valence-electron chi connectivity index (χ0n) is 9.11. The minimum Gasteiger partial charge on any atom is -0.508 e. The van der Waals surface area contributed by atoms with Gasteiger partial charge in [0.05, 0.1) is 13.2 Å². The maximum atomic E-state index is 11.2. The Morgan fingerprint density at radius 3 is 2.41 bits per heavy atom. The van der Waals surface area contributed by atoms with Crippen molar-refractivity contribution in [2.24, 2.45) is 0 Å². The highest BCUT2D eigenvalue weighted by atomic mass is 16.6. The predicted octanol–water partition coefficient (Wildman–Crippen LogP) is 0.548. The highest BCUT2D eigenvalue weighted by Gasteiger charge is 2.09. The molecule has 1 aromatic rings. The Morgan fingerprint density at radius 1 is 1.29 bits per heavy atom. The Balaban J connectivity index is 0.00000289. The SMILES string of the molecule is O=C(/C=C/c1ccc(O)cc1)OC(CO)CO.[HH]. The summed E-state index contributed by atoms with van der Waals surface area (Å²) in [6.45, 7) is -0.843. The van der Waals surface area contributed by atoms with Crippen LogP contribution in [0.1, 0.15) is 6.99 Å². The molecule has 0 aliphatic heterocycles.